The van der Waals surface area contributed by atoms with Gasteiger partial charge in [0.2, 0.25) is 0 Å². The fourth-order valence-electron chi connectivity index (χ4n) is 2.78. The van der Waals surface area contributed by atoms with Crippen molar-refractivity contribution in [3.8, 4) is 11.5 Å². The van der Waals surface area contributed by atoms with Gasteiger partial charge in [-0.2, -0.15) is 0 Å². The summed E-state index contributed by atoms with van der Waals surface area (Å²) in [6.07, 6.45) is 2.59. The zero-order valence-corrected chi connectivity index (χ0v) is 14.6. The van der Waals surface area contributed by atoms with Crippen molar-refractivity contribution in [3.63, 3.8) is 0 Å². The molecule has 0 unspecified atom stereocenters. The van der Waals surface area contributed by atoms with Gasteiger partial charge in [-0.15, -0.1) is 0 Å². The first-order valence-corrected chi connectivity index (χ1v) is 8.26. The number of hydrogen-bond donors (Lipinski definition) is 0. The smallest absolute Gasteiger partial charge is 0.189 e. The Bertz CT molecular complexity index is 793. The largest absolute Gasteiger partial charge is 0.493 e. The van der Waals surface area contributed by atoms with Crippen LogP contribution >= 0.6 is 15.9 Å². The molecule has 2 aromatic carbocycles. The van der Waals surface area contributed by atoms with Crippen LogP contribution in [0.4, 0.5) is 0 Å². The number of ether oxygens (including phenoxy) is 2. The first kappa shape index (κ1) is 15.8. The summed E-state index contributed by atoms with van der Waals surface area (Å²) < 4.78 is 11.8. The van der Waals surface area contributed by atoms with Gasteiger partial charge in [0.25, 0.3) is 0 Å². The SMILES string of the molecule is CCOc1c(Br)cc(C=C2Cc3ccccc3C2=O)cc1OC. The monoisotopic (exact) mass is 372 g/mol. The average molecular weight is 373 g/mol. The zero-order valence-electron chi connectivity index (χ0n) is 13.1. The van der Waals surface area contributed by atoms with E-state index in [2.05, 4.69) is 15.9 Å². The first-order valence-electron chi connectivity index (χ1n) is 7.47. The fraction of sp³-hybridized carbons (Fsp3) is 0.211. The van der Waals surface area contributed by atoms with Crippen molar-refractivity contribution in [2.24, 2.45) is 0 Å². The predicted octanol–water partition coefficient (Wildman–Crippen LogP) is 4.68. The van der Waals surface area contributed by atoms with E-state index in [0.29, 0.717) is 24.5 Å². The number of allylic oxidation sites excluding steroid dienone is 1. The van der Waals surface area contributed by atoms with Gasteiger partial charge in [0.05, 0.1) is 18.2 Å². The Labute approximate surface area is 144 Å². The van der Waals surface area contributed by atoms with E-state index in [-0.39, 0.29) is 5.78 Å². The van der Waals surface area contributed by atoms with Crippen molar-refractivity contribution in [3.05, 3.63) is 63.1 Å². The number of carbonyl (C=O) groups is 1. The molecule has 0 atom stereocenters. The number of benzene rings is 2. The van der Waals surface area contributed by atoms with Crippen LogP contribution in [0.25, 0.3) is 6.08 Å². The third-order valence-electron chi connectivity index (χ3n) is 3.82. The number of ketones is 1. The lowest BCUT2D eigenvalue weighted by Crippen LogP contribution is -1.98. The molecule has 0 aromatic heterocycles. The van der Waals surface area contributed by atoms with E-state index in [1.807, 2.05) is 49.4 Å². The minimum Gasteiger partial charge on any atom is -0.493 e. The molecule has 4 heteroatoms. The van der Waals surface area contributed by atoms with Crippen molar-refractivity contribution in [1.29, 1.82) is 0 Å². The van der Waals surface area contributed by atoms with Crippen LogP contribution < -0.4 is 9.47 Å². The van der Waals surface area contributed by atoms with Crippen molar-refractivity contribution in [2.75, 3.05) is 13.7 Å². The van der Waals surface area contributed by atoms with Gasteiger partial charge >= 0.3 is 0 Å². The third-order valence-corrected chi connectivity index (χ3v) is 4.40. The van der Waals surface area contributed by atoms with Crippen LogP contribution in [-0.4, -0.2) is 19.5 Å². The molecule has 0 saturated heterocycles. The van der Waals surface area contributed by atoms with E-state index < -0.39 is 0 Å². The standard InChI is InChI=1S/C19H17BrO3/c1-3-23-19-16(20)9-12(10-17(19)22-2)8-14-11-13-6-4-5-7-15(13)18(14)21/h4-10H,3,11H2,1-2H3. The van der Waals surface area contributed by atoms with Crippen molar-refractivity contribution < 1.29 is 14.3 Å². The van der Waals surface area contributed by atoms with Gasteiger partial charge in [0, 0.05) is 17.6 Å². The molecule has 1 aliphatic rings. The maximum atomic E-state index is 12.5. The van der Waals surface area contributed by atoms with Gasteiger partial charge in [-0.05, 0) is 52.2 Å². The molecule has 0 bridgehead atoms. The number of fused-ring (bicyclic) bond motifs is 1. The highest BCUT2D eigenvalue weighted by molar-refractivity contribution is 9.10. The fourth-order valence-corrected chi connectivity index (χ4v) is 3.35. The number of halogens is 1. The van der Waals surface area contributed by atoms with E-state index >= 15 is 0 Å². The molecule has 23 heavy (non-hydrogen) atoms. The molecule has 0 amide bonds. The van der Waals surface area contributed by atoms with E-state index in [1.54, 1.807) is 7.11 Å². The quantitative estimate of drug-likeness (QED) is 0.731. The summed E-state index contributed by atoms with van der Waals surface area (Å²) in [4.78, 5) is 12.5. The maximum absolute atomic E-state index is 12.5. The van der Waals surface area contributed by atoms with Gasteiger partial charge < -0.3 is 9.47 Å². The number of carbonyl (C=O) groups excluding carboxylic acids is 1. The van der Waals surface area contributed by atoms with Gasteiger partial charge in [-0.1, -0.05) is 24.3 Å². The Morgan fingerprint density at radius 1 is 1.26 bits per heavy atom. The second-order valence-corrected chi connectivity index (χ2v) is 6.15. The van der Waals surface area contributed by atoms with Crippen molar-refractivity contribution in [1.82, 2.24) is 0 Å². The highest BCUT2D eigenvalue weighted by Gasteiger charge is 2.24. The molecule has 1 aliphatic carbocycles. The van der Waals surface area contributed by atoms with Crippen molar-refractivity contribution in [2.45, 2.75) is 13.3 Å². The van der Waals surface area contributed by atoms with Gasteiger partial charge in [-0.3, -0.25) is 4.79 Å². The van der Waals surface area contributed by atoms with Gasteiger partial charge in [-0.25, -0.2) is 0 Å². The molecule has 0 saturated carbocycles. The Morgan fingerprint density at radius 2 is 2.04 bits per heavy atom. The summed E-state index contributed by atoms with van der Waals surface area (Å²) >= 11 is 3.51. The predicted molar refractivity (Wildman–Crippen MR) is 94.3 cm³/mol. The molecule has 118 valence electrons. The summed E-state index contributed by atoms with van der Waals surface area (Å²) in [5.74, 6) is 1.43. The Hall–Kier alpha value is -2.07. The summed E-state index contributed by atoms with van der Waals surface area (Å²) in [7, 11) is 1.61. The van der Waals surface area contributed by atoms with E-state index in [1.165, 1.54) is 0 Å². The molecule has 0 fully saturated rings. The summed E-state index contributed by atoms with van der Waals surface area (Å²) in [5.41, 5.74) is 3.59. The van der Waals surface area contributed by atoms with Crippen LogP contribution in [-0.2, 0) is 6.42 Å². The number of rotatable bonds is 4. The Balaban J connectivity index is 1.98. The highest BCUT2D eigenvalue weighted by atomic mass is 79.9. The third kappa shape index (κ3) is 3.04. The number of hydrogen-bond acceptors (Lipinski definition) is 3. The Kier molecular flexibility index (Phi) is 4.53. The molecule has 3 rings (SSSR count). The zero-order chi connectivity index (χ0) is 16.4. The van der Waals surface area contributed by atoms with Crippen LogP contribution in [0.15, 0.2) is 46.4 Å². The van der Waals surface area contributed by atoms with E-state index in [0.717, 1.165) is 26.7 Å². The molecule has 0 N–H and O–H groups in total. The molecule has 2 aromatic rings. The first-order chi connectivity index (χ1) is 11.1. The molecule has 0 heterocycles. The maximum Gasteiger partial charge on any atom is 0.189 e. The lowest BCUT2D eigenvalue weighted by molar-refractivity contribution is 0.104. The van der Waals surface area contributed by atoms with Crippen LogP contribution in [0.5, 0.6) is 11.5 Å². The average Bonchev–Trinajstić information content (AvgIpc) is 2.86. The molecular formula is C19H17BrO3. The van der Waals surface area contributed by atoms with Crippen LogP contribution in [0, 0.1) is 0 Å². The summed E-state index contributed by atoms with van der Waals surface area (Å²) in [6, 6.07) is 11.6. The second-order valence-electron chi connectivity index (χ2n) is 5.30. The number of Topliss-reactive ketones (excluding diaryl/α,β-unsaturated/α-hetero) is 1. The molecule has 0 radical (unpaired) electrons. The summed E-state index contributed by atoms with van der Waals surface area (Å²) in [5, 5.41) is 0. The lowest BCUT2D eigenvalue weighted by atomic mass is 10.1. The van der Waals surface area contributed by atoms with E-state index in [9.17, 15) is 4.79 Å². The van der Waals surface area contributed by atoms with E-state index in [4.69, 9.17) is 9.47 Å². The summed E-state index contributed by atoms with van der Waals surface area (Å²) in [6.45, 7) is 2.49. The highest BCUT2D eigenvalue weighted by Crippen LogP contribution is 2.38. The normalized spacial score (nSPS) is 14.9. The topological polar surface area (TPSA) is 35.5 Å². The van der Waals surface area contributed by atoms with Gasteiger partial charge in [0.1, 0.15) is 0 Å². The number of methoxy groups -OCH3 is 1. The lowest BCUT2D eigenvalue weighted by Gasteiger charge is -2.12. The molecule has 0 aliphatic heterocycles. The van der Waals surface area contributed by atoms with Crippen LogP contribution in [0.1, 0.15) is 28.4 Å². The minimum absolute atomic E-state index is 0.101. The van der Waals surface area contributed by atoms with Gasteiger partial charge in [0.15, 0.2) is 17.3 Å². The van der Waals surface area contributed by atoms with Crippen LogP contribution in [0.2, 0.25) is 0 Å². The Morgan fingerprint density at radius 3 is 2.74 bits per heavy atom. The van der Waals surface area contributed by atoms with Crippen LogP contribution in [0.3, 0.4) is 0 Å². The molecule has 0 spiro atoms. The minimum atomic E-state index is 0.101. The second kappa shape index (κ2) is 6.59. The molecular weight excluding hydrogens is 356 g/mol. The molecule has 3 nitrogen and oxygen atoms in total. The van der Waals surface area contributed by atoms with Crippen molar-refractivity contribution >= 4 is 27.8 Å².